The van der Waals surface area contributed by atoms with Gasteiger partial charge in [0, 0.05) is 70.9 Å². The van der Waals surface area contributed by atoms with Crippen LogP contribution in [0.2, 0.25) is 0 Å². The van der Waals surface area contributed by atoms with E-state index in [0.717, 1.165) is 87.6 Å². The van der Waals surface area contributed by atoms with Gasteiger partial charge >= 0.3 is 6.03 Å². The number of urea groups is 1. The summed E-state index contributed by atoms with van der Waals surface area (Å²) >= 11 is 0. The molecule has 5 saturated heterocycles. The quantitative estimate of drug-likeness (QED) is 0.302. The Morgan fingerprint density at radius 1 is 0.864 bits per heavy atom. The van der Waals surface area contributed by atoms with Crippen LogP contribution in [0.1, 0.15) is 93.5 Å². The number of aromatic nitrogens is 2. The number of piperidine rings is 3. The molecule has 2 aromatic carbocycles. The SMILES string of the molecule is CN1CCN([C@H]2CCCN(c3cnc(C(N)=O)c(Cc4ccc(C5(C)CCN(C6CN(c7ccc8c(c7)C(=O)N(C7CCC(=O)NC7=O)C8=O)C6)CC5)cc4)n3)C2)C1=O. The number of likely N-dealkylation sites (tertiary alicyclic amines) is 1. The number of hydrogen-bond donors (Lipinski definition) is 2. The second-order valence-electron chi connectivity index (χ2n) is 17.2. The number of primary amides is 1. The Morgan fingerprint density at radius 3 is 2.29 bits per heavy atom. The number of anilines is 2. The molecule has 3 N–H and O–H groups in total. The first kappa shape index (κ1) is 38.6. The predicted octanol–water partition coefficient (Wildman–Crippen LogP) is 2.15. The molecule has 3 aromatic rings. The van der Waals surface area contributed by atoms with Crippen molar-refractivity contribution in [2.24, 2.45) is 5.73 Å². The van der Waals surface area contributed by atoms with Gasteiger partial charge in [0.15, 0.2) is 0 Å². The number of carbonyl (C=O) groups is 6. The number of likely N-dealkylation sites (N-methyl/N-ethyl adjacent to an activating group) is 1. The largest absolute Gasteiger partial charge is 0.368 e. The van der Waals surface area contributed by atoms with E-state index in [2.05, 4.69) is 56.2 Å². The van der Waals surface area contributed by atoms with Crippen molar-refractivity contribution >= 4 is 47.1 Å². The third-order valence-corrected chi connectivity index (χ3v) is 13.6. The number of rotatable bonds is 9. The Kier molecular flexibility index (Phi) is 9.84. The molecule has 5 fully saturated rings. The Bertz CT molecular complexity index is 2230. The van der Waals surface area contributed by atoms with Crippen LogP contribution in [0, 0.1) is 0 Å². The molecule has 16 heteroatoms. The summed E-state index contributed by atoms with van der Waals surface area (Å²) in [7, 11) is 1.84. The number of nitrogens with one attached hydrogen (secondary N) is 1. The van der Waals surface area contributed by atoms with Gasteiger partial charge in [-0.25, -0.2) is 14.8 Å². The summed E-state index contributed by atoms with van der Waals surface area (Å²) in [5.41, 5.74) is 10.2. The van der Waals surface area contributed by atoms with Crippen molar-refractivity contribution < 1.29 is 28.8 Å². The van der Waals surface area contributed by atoms with Gasteiger partial charge in [-0.2, -0.15) is 0 Å². The van der Waals surface area contributed by atoms with Crippen LogP contribution in [0.15, 0.2) is 48.7 Å². The highest BCUT2D eigenvalue weighted by Gasteiger charge is 2.46. The third kappa shape index (κ3) is 7.06. The van der Waals surface area contributed by atoms with Crippen LogP contribution in [0.25, 0.3) is 0 Å². The monoisotopic (exact) mass is 802 g/mol. The van der Waals surface area contributed by atoms with E-state index in [1.165, 1.54) is 5.56 Å². The fraction of sp³-hybridized carbons (Fsp3) is 0.488. The number of nitrogens with zero attached hydrogens (tertiary/aromatic N) is 8. The molecule has 6 aliphatic heterocycles. The topological polar surface area (TPSA) is 186 Å². The lowest BCUT2D eigenvalue weighted by Crippen LogP contribution is -2.61. The summed E-state index contributed by atoms with van der Waals surface area (Å²) in [5, 5.41) is 2.24. The van der Waals surface area contributed by atoms with Gasteiger partial charge in [0.05, 0.1) is 29.1 Å². The molecule has 9 rings (SSSR count). The van der Waals surface area contributed by atoms with Gasteiger partial charge in [0.25, 0.3) is 17.7 Å². The first-order chi connectivity index (χ1) is 28.4. The van der Waals surface area contributed by atoms with E-state index in [0.29, 0.717) is 36.1 Å². The van der Waals surface area contributed by atoms with Crippen LogP contribution in [-0.2, 0) is 21.4 Å². The summed E-state index contributed by atoms with van der Waals surface area (Å²) in [6.07, 6.45) is 6.14. The summed E-state index contributed by atoms with van der Waals surface area (Å²) in [6.45, 7) is 8.80. The molecule has 0 bridgehead atoms. The van der Waals surface area contributed by atoms with Crippen molar-refractivity contribution in [3.8, 4) is 0 Å². The van der Waals surface area contributed by atoms with E-state index in [4.69, 9.17) is 10.7 Å². The lowest BCUT2D eigenvalue weighted by atomic mass is 9.74. The number of carbonyl (C=O) groups excluding carboxylic acids is 6. The van der Waals surface area contributed by atoms with E-state index in [1.807, 2.05) is 18.0 Å². The molecule has 0 aliphatic carbocycles. The lowest BCUT2D eigenvalue weighted by molar-refractivity contribution is -0.136. The van der Waals surface area contributed by atoms with Crippen LogP contribution in [-0.4, -0.2) is 143 Å². The molecular weight excluding hydrogens is 753 g/mol. The van der Waals surface area contributed by atoms with E-state index in [1.54, 1.807) is 23.2 Å². The van der Waals surface area contributed by atoms with E-state index < -0.39 is 35.6 Å². The van der Waals surface area contributed by atoms with Crippen molar-refractivity contribution in [2.75, 3.05) is 69.2 Å². The van der Waals surface area contributed by atoms with Gasteiger partial charge in [-0.3, -0.25) is 39.1 Å². The van der Waals surface area contributed by atoms with Crippen LogP contribution in [0.5, 0.6) is 0 Å². The molecule has 308 valence electrons. The van der Waals surface area contributed by atoms with Crippen molar-refractivity contribution in [2.45, 2.75) is 75.4 Å². The second kappa shape index (κ2) is 15.0. The first-order valence-electron chi connectivity index (χ1n) is 20.7. The predicted molar refractivity (Wildman–Crippen MR) is 217 cm³/mol. The molecule has 2 atom stereocenters. The number of imide groups is 2. The highest BCUT2D eigenvalue weighted by atomic mass is 16.2. The maximum absolute atomic E-state index is 13.3. The van der Waals surface area contributed by atoms with Crippen molar-refractivity contribution in [3.63, 3.8) is 0 Å². The molecule has 7 amide bonds. The van der Waals surface area contributed by atoms with E-state index >= 15 is 0 Å². The molecule has 1 unspecified atom stereocenters. The van der Waals surface area contributed by atoms with Crippen LogP contribution < -0.4 is 20.9 Å². The van der Waals surface area contributed by atoms with Gasteiger partial charge in [0.2, 0.25) is 11.8 Å². The molecule has 1 aromatic heterocycles. The van der Waals surface area contributed by atoms with Gasteiger partial charge < -0.3 is 25.3 Å². The standard InChI is InChI=1S/C43H50N10O6/c1-43(13-16-49(17-14-43)30-24-51(25-30)28-9-10-31-32(21-28)41(58)53(40(31)57)34-11-12-36(54)47-39(34)56)27-7-5-26(6-8-27)20-33-37(38(44)55)45-22-35(46-33)50-15-3-4-29(23-50)52-19-18-48(2)42(52)59/h5-10,21-22,29-30,34H,3-4,11-20,23-25H2,1-2H3,(H2,44,55)(H,47,54,56)/t29-,34?/m0/s1. The smallest absolute Gasteiger partial charge is 0.320 e. The van der Waals surface area contributed by atoms with E-state index in [-0.39, 0.29) is 41.6 Å². The van der Waals surface area contributed by atoms with E-state index in [9.17, 15) is 28.8 Å². The zero-order valence-electron chi connectivity index (χ0n) is 33.6. The van der Waals surface area contributed by atoms with Gasteiger partial charge in [-0.1, -0.05) is 31.2 Å². The van der Waals surface area contributed by atoms with Crippen LogP contribution >= 0.6 is 0 Å². The molecule has 0 radical (unpaired) electrons. The molecule has 7 heterocycles. The average molecular weight is 803 g/mol. The normalized spacial score (nSPS) is 23.8. The number of hydrogen-bond acceptors (Lipinski definition) is 11. The van der Waals surface area contributed by atoms with Crippen molar-refractivity contribution in [1.29, 1.82) is 0 Å². The molecule has 6 aliphatic rings. The highest BCUT2D eigenvalue weighted by molar-refractivity contribution is 6.23. The highest BCUT2D eigenvalue weighted by Crippen LogP contribution is 2.38. The van der Waals surface area contributed by atoms with Crippen molar-refractivity contribution in [1.82, 2.24) is 34.9 Å². The Labute approximate surface area is 342 Å². The minimum Gasteiger partial charge on any atom is -0.368 e. The van der Waals surface area contributed by atoms with Gasteiger partial charge in [-0.15, -0.1) is 0 Å². The average Bonchev–Trinajstić information content (AvgIpc) is 3.67. The molecule has 16 nitrogen and oxygen atoms in total. The molecule has 0 saturated carbocycles. The van der Waals surface area contributed by atoms with Gasteiger partial charge in [-0.05, 0) is 79.9 Å². The van der Waals surface area contributed by atoms with Crippen molar-refractivity contribution in [3.05, 3.63) is 82.3 Å². The summed E-state index contributed by atoms with van der Waals surface area (Å²) < 4.78 is 0. The fourth-order valence-corrected chi connectivity index (χ4v) is 9.77. The summed E-state index contributed by atoms with van der Waals surface area (Å²) in [5.74, 6) is -1.91. The van der Waals surface area contributed by atoms with Crippen LogP contribution in [0.3, 0.4) is 0 Å². The number of benzene rings is 2. The number of fused-ring (bicyclic) bond motifs is 1. The molecule has 59 heavy (non-hydrogen) atoms. The zero-order valence-corrected chi connectivity index (χ0v) is 33.6. The fourth-order valence-electron chi connectivity index (χ4n) is 9.77. The second-order valence-corrected chi connectivity index (χ2v) is 17.2. The maximum Gasteiger partial charge on any atom is 0.320 e. The summed E-state index contributed by atoms with van der Waals surface area (Å²) in [4.78, 5) is 96.8. The summed E-state index contributed by atoms with van der Waals surface area (Å²) in [6, 6.07) is 13.5. The molecule has 0 spiro atoms. The van der Waals surface area contributed by atoms with Crippen LogP contribution in [0.4, 0.5) is 16.3 Å². The minimum atomic E-state index is -0.981. The first-order valence-corrected chi connectivity index (χ1v) is 20.7. The maximum atomic E-state index is 13.3. The number of nitrogens with two attached hydrogens (primary N) is 1. The Balaban J connectivity index is 0.798. The Hall–Kier alpha value is -5.90. The van der Waals surface area contributed by atoms with Gasteiger partial charge in [0.1, 0.15) is 17.6 Å². The molecular formula is C43H50N10O6. The zero-order chi connectivity index (χ0) is 41.2. The number of amides is 7. The third-order valence-electron chi connectivity index (χ3n) is 13.6. The lowest BCUT2D eigenvalue weighted by Gasteiger charge is -2.50. The Morgan fingerprint density at radius 2 is 1.59 bits per heavy atom. The minimum absolute atomic E-state index is 0.00812.